The van der Waals surface area contributed by atoms with Crippen molar-refractivity contribution in [2.45, 2.75) is 76.4 Å². The van der Waals surface area contributed by atoms with E-state index in [9.17, 15) is 10.1 Å². The molecule has 23 heavy (non-hydrogen) atoms. The lowest BCUT2D eigenvalue weighted by atomic mass is 9.74. The predicted molar refractivity (Wildman–Crippen MR) is 87.9 cm³/mol. The van der Waals surface area contributed by atoms with Gasteiger partial charge >= 0.3 is 5.97 Å². The van der Waals surface area contributed by atoms with E-state index in [0.29, 0.717) is 18.1 Å². The van der Waals surface area contributed by atoms with E-state index in [1.165, 1.54) is 12.8 Å². The van der Waals surface area contributed by atoms with Crippen molar-refractivity contribution in [2.75, 3.05) is 13.1 Å². The van der Waals surface area contributed by atoms with Gasteiger partial charge in [0.1, 0.15) is 0 Å². The third-order valence-electron chi connectivity index (χ3n) is 5.99. The van der Waals surface area contributed by atoms with E-state index >= 15 is 0 Å². The van der Waals surface area contributed by atoms with Crippen LogP contribution in [0.25, 0.3) is 0 Å². The summed E-state index contributed by atoms with van der Waals surface area (Å²) in [7, 11) is 0. The molecule has 5 nitrogen and oxygen atoms in total. The summed E-state index contributed by atoms with van der Waals surface area (Å²) >= 11 is 0. The fraction of sp³-hybridized carbons (Fsp3) is 0.889. The molecule has 3 aliphatic rings. The smallest absolute Gasteiger partial charge is 0.317 e. The molecule has 0 heterocycles. The summed E-state index contributed by atoms with van der Waals surface area (Å²) in [6.07, 6.45) is 8.85. The van der Waals surface area contributed by atoms with Gasteiger partial charge in [0.25, 0.3) is 0 Å². The number of nitrogens with one attached hydrogen (secondary N) is 1. The van der Waals surface area contributed by atoms with Gasteiger partial charge in [-0.1, -0.05) is 0 Å². The van der Waals surface area contributed by atoms with E-state index in [2.05, 4.69) is 23.2 Å². The Kier molecular flexibility index (Phi) is 4.93. The number of carboxylic acid groups (broad SMARTS) is 1. The molecule has 0 atom stereocenters. The first-order chi connectivity index (χ1) is 11.0. The molecule has 5 heteroatoms. The molecular formula is C18H29N3O2. The predicted octanol–water partition coefficient (Wildman–Crippen LogP) is 2.38. The van der Waals surface area contributed by atoms with Crippen LogP contribution in [0.3, 0.4) is 0 Å². The second kappa shape index (κ2) is 6.78. The van der Waals surface area contributed by atoms with Crippen LogP contribution in [0.1, 0.15) is 58.3 Å². The number of nitriles is 1. The van der Waals surface area contributed by atoms with Gasteiger partial charge in [-0.25, -0.2) is 0 Å². The van der Waals surface area contributed by atoms with E-state index in [0.717, 1.165) is 51.0 Å². The average Bonchev–Trinajstić information content (AvgIpc) is 3.27. The molecule has 0 amide bonds. The summed E-state index contributed by atoms with van der Waals surface area (Å²) in [5, 5.41) is 22.0. The van der Waals surface area contributed by atoms with Crippen LogP contribution < -0.4 is 5.32 Å². The normalized spacial score (nSPS) is 37.2. The van der Waals surface area contributed by atoms with Gasteiger partial charge in [0.05, 0.1) is 18.0 Å². The molecule has 0 radical (unpaired) electrons. The third-order valence-corrected chi connectivity index (χ3v) is 5.99. The highest BCUT2D eigenvalue weighted by Crippen LogP contribution is 2.37. The molecule has 3 saturated carbocycles. The zero-order chi connectivity index (χ0) is 16.4. The number of hydrogen-bond acceptors (Lipinski definition) is 4. The molecule has 0 bridgehead atoms. The van der Waals surface area contributed by atoms with E-state index in [1.54, 1.807) is 0 Å². The largest absolute Gasteiger partial charge is 0.480 e. The molecule has 0 aromatic carbocycles. The van der Waals surface area contributed by atoms with E-state index < -0.39 is 5.97 Å². The Morgan fingerprint density at radius 1 is 1.26 bits per heavy atom. The molecule has 0 unspecified atom stereocenters. The maximum absolute atomic E-state index is 11.1. The Labute approximate surface area is 139 Å². The molecule has 0 aliphatic heterocycles. The summed E-state index contributed by atoms with van der Waals surface area (Å²) < 4.78 is 0. The lowest BCUT2D eigenvalue weighted by molar-refractivity contribution is -0.139. The maximum atomic E-state index is 11.1. The van der Waals surface area contributed by atoms with Crippen molar-refractivity contribution in [3.05, 3.63) is 0 Å². The summed E-state index contributed by atoms with van der Waals surface area (Å²) in [6, 6.07) is 3.97. The van der Waals surface area contributed by atoms with Gasteiger partial charge in [-0.3, -0.25) is 9.69 Å². The topological polar surface area (TPSA) is 76.4 Å². The molecule has 3 aliphatic carbocycles. The van der Waals surface area contributed by atoms with Crippen LogP contribution in [0.5, 0.6) is 0 Å². The Balaban J connectivity index is 1.40. The van der Waals surface area contributed by atoms with Crippen LogP contribution in [0, 0.1) is 22.7 Å². The van der Waals surface area contributed by atoms with Gasteiger partial charge in [0.15, 0.2) is 0 Å². The van der Waals surface area contributed by atoms with Crippen LogP contribution >= 0.6 is 0 Å². The van der Waals surface area contributed by atoms with Crippen molar-refractivity contribution in [1.29, 1.82) is 5.26 Å². The third kappa shape index (κ3) is 4.45. The SMILES string of the molecule is CC1(C#N)CCC(NC2CC(N(CC(=O)O)CC3CC3)C2)CC1. The lowest BCUT2D eigenvalue weighted by Gasteiger charge is -2.45. The molecule has 128 valence electrons. The van der Waals surface area contributed by atoms with Crippen molar-refractivity contribution >= 4 is 5.97 Å². The van der Waals surface area contributed by atoms with Crippen LogP contribution in [-0.4, -0.2) is 47.2 Å². The second-order valence-corrected chi connectivity index (χ2v) is 8.20. The molecule has 3 rings (SSSR count). The van der Waals surface area contributed by atoms with Crippen molar-refractivity contribution in [1.82, 2.24) is 10.2 Å². The Morgan fingerprint density at radius 2 is 1.91 bits per heavy atom. The summed E-state index contributed by atoms with van der Waals surface area (Å²) in [5.74, 6) is 0.0356. The average molecular weight is 319 g/mol. The van der Waals surface area contributed by atoms with Crippen LogP contribution in [-0.2, 0) is 4.79 Å². The molecule has 2 N–H and O–H groups in total. The zero-order valence-corrected chi connectivity index (χ0v) is 14.1. The first-order valence-electron chi connectivity index (χ1n) is 9.10. The molecule has 0 spiro atoms. The second-order valence-electron chi connectivity index (χ2n) is 8.20. The summed E-state index contributed by atoms with van der Waals surface area (Å²) in [6.45, 7) is 3.23. The first-order valence-corrected chi connectivity index (χ1v) is 9.10. The first kappa shape index (κ1) is 16.7. The van der Waals surface area contributed by atoms with Crippen LogP contribution in [0.4, 0.5) is 0 Å². The fourth-order valence-electron chi connectivity index (χ4n) is 4.04. The summed E-state index contributed by atoms with van der Waals surface area (Å²) in [5.41, 5.74) is -0.122. The highest BCUT2D eigenvalue weighted by Gasteiger charge is 2.39. The lowest BCUT2D eigenvalue weighted by Crippen LogP contribution is -2.56. The highest BCUT2D eigenvalue weighted by atomic mass is 16.4. The number of aliphatic carboxylic acids is 1. The van der Waals surface area contributed by atoms with Crippen molar-refractivity contribution in [2.24, 2.45) is 11.3 Å². The molecule has 0 saturated heterocycles. The van der Waals surface area contributed by atoms with E-state index in [4.69, 9.17) is 5.11 Å². The van der Waals surface area contributed by atoms with E-state index in [1.807, 2.05) is 0 Å². The van der Waals surface area contributed by atoms with Gasteiger partial charge < -0.3 is 10.4 Å². The van der Waals surface area contributed by atoms with Crippen LogP contribution in [0.15, 0.2) is 0 Å². The minimum Gasteiger partial charge on any atom is -0.480 e. The Morgan fingerprint density at radius 3 is 2.43 bits per heavy atom. The Hall–Kier alpha value is -1.12. The van der Waals surface area contributed by atoms with Crippen molar-refractivity contribution in [3.63, 3.8) is 0 Å². The minimum atomic E-state index is -0.704. The van der Waals surface area contributed by atoms with E-state index in [-0.39, 0.29) is 12.0 Å². The summed E-state index contributed by atoms with van der Waals surface area (Å²) in [4.78, 5) is 13.2. The minimum absolute atomic E-state index is 0.122. The van der Waals surface area contributed by atoms with Gasteiger partial charge in [0, 0.05) is 24.7 Å². The quantitative estimate of drug-likeness (QED) is 0.753. The van der Waals surface area contributed by atoms with Gasteiger partial charge in [-0.05, 0) is 64.2 Å². The number of carbonyl (C=O) groups is 1. The standard InChI is InChI=1S/C18H29N3O2/c1-18(12-19)6-4-14(5-7-18)20-15-8-16(9-15)21(11-17(22)23)10-13-2-3-13/h13-16,20H,2-11H2,1H3,(H,22,23). The molecule has 0 aromatic heterocycles. The van der Waals surface area contributed by atoms with Crippen LogP contribution in [0.2, 0.25) is 0 Å². The van der Waals surface area contributed by atoms with Crippen molar-refractivity contribution in [3.8, 4) is 6.07 Å². The molecule has 3 fully saturated rings. The van der Waals surface area contributed by atoms with Gasteiger partial charge in [-0.15, -0.1) is 0 Å². The van der Waals surface area contributed by atoms with Crippen molar-refractivity contribution < 1.29 is 9.90 Å². The Bertz CT molecular complexity index is 469. The number of carboxylic acids is 1. The number of nitrogens with zero attached hydrogens (tertiary/aromatic N) is 2. The molecular weight excluding hydrogens is 290 g/mol. The van der Waals surface area contributed by atoms with Gasteiger partial charge in [0.2, 0.25) is 0 Å². The maximum Gasteiger partial charge on any atom is 0.317 e. The van der Waals surface area contributed by atoms with Gasteiger partial charge in [-0.2, -0.15) is 5.26 Å². The molecule has 0 aromatic rings. The zero-order valence-electron chi connectivity index (χ0n) is 14.1. The number of hydrogen-bond donors (Lipinski definition) is 2. The monoisotopic (exact) mass is 319 g/mol. The fourth-order valence-corrected chi connectivity index (χ4v) is 4.04. The number of rotatable bonds is 7. The highest BCUT2D eigenvalue weighted by molar-refractivity contribution is 5.69.